The summed E-state index contributed by atoms with van der Waals surface area (Å²) in [6.07, 6.45) is 6.48. The molecule has 0 aromatic heterocycles. The Labute approximate surface area is 197 Å². The van der Waals surface area contributed by atoms with Crippen LogP contribution in [0.25, 0.3) is 0 Å². The summed E-state index contributed by atoms with van der Waals surface area (Å²) in [4.78, 5) is 63.2. The molecule has 5 atom stereocenters. The molecule has 9 nitrogen and oxygen atoms in total. The Morgan fingerprint density at radius 1 is 1.03 bits per heavy atom. The van der Waals surface area contributed by atoms with Crippen molar-refractivity contribution in [1.82, 2.24) is 4.90 Å². The Morgan fingerprint density at radius 2 is 1.65 bits per heavy atom. The molecule has 1 aromatic rings. The third-order valence-corrected chi connectivity index (χ3v) is 6.71. The van der Waals surface area contributed by atoms with E-state index in [0.29, 0.717) is 17.9 Å². The number of carbonyl (C=O) groups excluding carboxylic acids is 5. The zero-order chi connectivity index (χ0) is 24.4. The zero-order valence-corrected chi connectivity index (χ0v) is 19.2. The first-order valence-electron chi connectivity index (χ1n) is 11.6. The SMILES string of the molecule is CCCCOC(=O)c1ccc(NC(=O)COC(=O)[C@H](C)N2C(=O)[C@@H]3[C@H](C2=O)[C@H]2C=C[C@H]3C2)cc1. The summed E-state index contributed by atoms with van der Waals surface area (Å²) >= 11 is 0. The number of unbranched alkanes of at least 4 members (excludes halogenated alkanes) is 1. The molecular weight excluding hydrogens is 440 g/mol. The number of ether oxygens (including phenoxy) is 2. The van der Waals surface area contributed by atoms with Crippen molar-refractivity contribution in [3.05, 3.63) is 42.0 Å². The molecule has 2 fully saturated rings. The van der Waals surface area contributed by atoms with Crippen molar-refractivity contribution in [2.24, 2.45) is 23.7 Å². The summed E-state index contributed by atoms with van der Waals surface area (Å²) < 4.78 is 10.2. The summed E-state index contributed by atoms with van der Waals surface area (Å²) in [6.45, 7) is 3.22. The van der Waals surface area contributed by atoms with E-state index in [9.17, 15) is 24.0 Å². The van der Waals surface area contributed by atoms with Gasteiger partial charge in [-0.05, 0) is 55.9 Å². The summed E-state index contributed by atoms with van der Waals surface area (Å²) in [6, 6.07) is 5.04. The minimum atomic E-state index is -1.10. The first-order valence-corrected chi connectivity index (χ1v) is 11.6. The highest BCUT2D eigenvalue weighted by atomic mass is 16.5. The van der Waals surface area contributed by atoms with Crippen LogP contribution in [0.5, 0.6) is 0 Å². The molecule has 1 N–H and O–H groups in total. The van der Waals surface area contributed by atoms with E-state index in [1.165, 1.54) is 19.1 Å². The van der Waals surface area contributed by atoms with Gasteiger partial charge in [-0.1, -0.05) is 25.5 Å². The van der Waals surface area contributed by atoms with Crippen LogP contribution in [0.2, 0.25) is 0 Å². The number of anilines is 1. The first kappa shape index (κ1) is 23.7. The van der Waals surface area contributed by atoms with E-state index in [-0.39, 0.29) is 23.7 Å². The van der Waals surface area contributed by atoms with Crippen LogP contribution in [-0.2, 0) is 28.7 Å². The van der Waals surface area contributed by atoms with Crippen molar-refractivity contribution in [2.45, 2.75) is 39.2 Å². The summed E-state index contributed by atoms with van der Waals surface area (Å²) in [5.74, 6) is -3.21. The van der Waals surface area contributed by atoms with Crippen LogP contribution >= 0.6 is 0 Å². The molecule has 9 heteroatoms. The van der Waals surface area contributed by atoms with Gasteiger partial charge in [0.2, 0.25) is 11.8 Å². The molecule has 1 aromatic carbocycles. The van der Waals surface area contributed by atoms with Gasteiger partial charge in [0.05, 0.1) is 24.0 Å². The molecule has 1 aliphatic heterocycles. The number of carbonyl (C=O) groups is 5. The van der Waals surface area contributed by atoms with Gasteiger partial charge in [-0.2, -0.15) is 0 Å². The number of amides is 3. The molecule has 3 amide bonds. The molecular formula is C25H28N2O7. The van der Waals surface area contributed by atoms with Gasteiger partial charge < -0.3 is 14.8 Å². The van der Waals surface area contributed by atoms with Gasteiger partial charge in [0, 0.05) is 5.69 Å². The lowest BCUT2D eigenvalue weighted by Gasteiger charge is -2.23. The third-order valence-electron chi connectivity index (χ3n) is 6.71. The Kier molecular flexibility index (Phi) is 6.81. The van der Waals surface area contributed by atoms with E-state index in [1.807, 2.05) is 19.1 Å². The molecule has 180 valence electrons. The van der Waals surface area contributed by atoms with Gasteiger partial charge in [0.1, 0.15) is 6.04 Å². The number of benzene rings is 1. The van der Waals surface area contributed by atoms with Gasteiger partial charge in [-0.25, -0.2) is 9.59 Å². The minimum absolute atomic E-state index is 0.0510. The fourth-order valence-corrected chi connectivity index (χ4v) is 4.95. The van der Waals surface area contributed by atoms with Crippen LogP contribution in [0, 0.1) is 23.7 Å². The second kappa shape index (κ2) is 9.79. The average molecular weight is 469 g/mol. The molecule has 3 aliphatic rings. The van der Waals surface area contributed by atoms with Crippen molar-refractivity contribution in [3.8, 4) is 0 Å². The molecule has 0 radical (unpaired) electrons. The van der Waals surface area contributed by atoms with Gasteiger partial charge in [0.25, 0.3) is 5.91 Å². The van der Waals surface area contributed by atoms with E-state index < -0.39 is 42.3 Å². The predicted octanol–water partition coefficient (Wildman–Crippen LogP) is 2.32. The molecule has 2 bridgehead atoms. The van der Waals surface area contributed by atoms with Crippen LogP contribution in [0.1, 0.15) is 43.5 Å². The molecule has 1 heterocycles. The van der Waals surface area contributed by atoms with Gasteiger partial charge in [-0.3, -0.25) is 19.3 Å². The molecule has 2 aliphatic carbocycles. The first-order chi connectivity index (χ1) is 16.3. The smallest absolute Gasteiger partial charge is 0.338 e. The second-order valence-electron chi connectivity index (χ2n) is 8.95. The van der Waals surface area contributed by atoms with Gasteiger partial charge in [-0.15, -0.1) is 0 Å². The lowest BCUT2D eigenvalue weighted by molar-refractivity contribution is -0.159. The number of imide groups is 1. The highest BCUT2D eigenvalue weighted by Gasteiger charge is 2.60. The number of fused-ring (bicyclic) bond motifs is 5. The molecule has 34 heavy (non-hydrogen) atoms. The number of allylic oxidation sites excluding steroid dienone is 2. The maximum atomic E-state index is 12.8. The van der Waals surface area contributed by atoms with Crippen molar-refractivity contribution < 1.29 is 33.4 Å². The maximum absolute atomic E-state index is 12.8. The summed E-state index contributed by atoms with van der Waals surface area (Å²) in [7, 11) is 0. The van der Waals surface area contributed by atoms with Crippen LogP contribution in [0.4, 0.5) is 5.69 Å². The normalized spacial score (nSPS) is 25.3. The largest absolute Gasteiger partial charge is 0.462 e. The fraction of sp³-hybridized carbons (Fsp3) is 0.480. The number of hydrogen-bond donors (Lipinski definition) is 1. The fourth-order valence-electron chi connectivity index (χ4n) is 4.95. The molecule has 0 spiro atoms. The summed E-state index contributed by atoms with van der Waals surface area (Å²) in [5, 5.41) is 2.57. The van der Waals surface area contributed by atoms with Crippen LogP contribution in [0.3, 0.4) is 0 Å². The van der Waals surface area contributed by atoms with Crippen molar-refractivity contribution in [1.29, 1.82) is 0 Å². The number of hydrogen-bond acceptors (Lipinski definition) is 7. The van der Waals surface area contributed by atoms with Gasteiger partial charge in [0.15, 0.2) is 6.61 Å². The summed E-state index contributed by atoms with van der Waals surface area (Å²) in [5.41, 5.74) is 0.780. The van der Waals surface area contributed by atoms with Crippen molar-refractivity contribution >= 4 is 35.3 Å². The number of nitrogens with one attached hydrogen (secondary N) is 1. The third kappa shape index (κ3) is 4.47. The zero-order valence-electron chi connectivity index (χ0n) is 19.2. The van der Waals surface area contributed by atoms with E-state index in [1.54, 1.807) is 12.1 Å². The number of nitrogens with zero attached hydrogens (tertiary/aromatic N) is 1. The standard InChI is InChI=1S/C25H28N2O7/c1-3-4-11-33-25(32)15-7-9-18(10-8-15)26-19(28)13-34-24(31)14(2)27-22(29)20-16-5-6-17(12-16)21(20)23(27)30/h5-10,14,16-17,20-21H,3-4,11-13H2,1-2H3,(H,26,28)/t14-,16-,17-,20-,21+/m0/s1. The Balaban J connectivity index is 1.25. The highest BCUT2D eigenvalue weighted by molar-refractivity contribution is 6.09. The minimum Gasteiger partial charge on any atom is -0.462 e. The van der Waals surface area contributed by atoms with E-state index in [2.05, 4.69) is 5.32 Å². The lowest BCUT2D eigenvalue weighted by Crippen LogP contribution is -2.45. The lowest BCUT2D eigenvalue weighted by atomic mass is 9.85. The highest BCUT2D eigenvalue weighted by Crippen LogP contribution is 2.52. The Bertz CT molecular complexity index is 1000. The Hall–Kier alpha value is -3.49. The van der Waals surface area contributed by atoms with Crippen molar-refractivity contribution in [2.75, 3.05) is 18.5 Å². The van der Waals surface area contributed by atoms with Crippen molar-refractivity contribution in [3.63, 3.8) is 0 Å². The molecule has 4 rings (SSSR count). The molecule has 1 saturated carbocycles. The molecule has 1 saturated heterocycles. The van der Waals surface area contributed by atoms with Crippen LogP contribution < -0.4 is 5.32 Å². The maximum Gasteiger partial charge on any atom is 0.338 e. The Morgan fingerprint density at radius 3 is 2.24 bits per heavy atom. The number of esters is 2. The number of rotatable bonds is 9. The van der Waals surface area contributed by atoms with Gasteiger partial charge >= 0.3 is 11.9 Å². The van der Waals surface area contributed by atoms with E-state index in [4.69, 9.17) is 9.47 Å². The van der Waals surface area contributed by atoms with Crippen LogP contribution in [-0.4, -0.2) is 53.8 Å². The number of likely N-dealkylation sites (tertiary alicyclic amines) is 1. The van der Waals surface area contributed by atoms with Crippen LogP contribution in [0.15, 0.2) is 36.4 Å². The second-order valence-corrected chi connectivity index (χ2v) is 8.95. The molecule has 0 unspecified atom stereocenters. The van der Waals surface area contributed by atoms with E-state index >= 15 is 0 Å². The average Bonchev–Trinajstić information content (AvgIpc) is 3.51. The quantitative estimate of drug-likeness (QED) is 0.256. The topological polar surface area (TPSA) is 119 Å². The monoisotopic (exact) mass is 468 g/mol. The predicted molar refractivity (Wildman–Crippen MR) is 120 cm³/mol. The van der Waals surface area contributed by atoms with E-state index in [0.717, 1.165) is 24.2 Å².